The third kappa shape index (κ3) is 4.71. The van der Waals surface area contributed by atoms with Gasteiger partial charge in [-0.05, 0) is 24.2 Å². The minimum absolute atomic E-state index is 1.19. The Labute approximate surface area is 66.5 Å². The molecule has 0 aliphatic rings. The smallest absolute Gasteiger partial charge is 0.0197 e. The first-order valence-electron chi connectivity index (χ1n) is 3.63. The fraction of sp³-hybridized carbons (Fsp3) is 0.750. The fourth-order valence-electron chi connectivity index (χ4n) is 0.712. The summed E-state index contributed by atoms with van der Waals surface area (Å²) in [6.45, 7) is 4.42. The molecule has 0 bridgehead atoms. The highest BCUT2D eigenvalue weighted by atomic mass is 79.9. The molecule has 0 amide bonds. The van der Waals surface area contributed by atoms with Crippen LogP contribution in [0.4, 0.5) is 0 Å². The predicted molar refractivity (Wildman–Crippen MR) is 46.8 cm³/mol. The van der Waals surface area contributed by atoms with E-state index in [1.54, 1.807) is 0 Å². The number of rotatable bonds is 4. The Hall–Kier alpha value is 0.220. The van der Waals surface area contributed by atoms with E-state index in [1.807, 2.05) is 0 Å². The maximum absolute atomic E-state index is 3.34. The molecule has 0 atom stereocenters. The molecule has 9 heavy (non-hydrogen) atoms. The lowest BCUT2D eigenvalue weighted by atomic mass is 10.1. The summed E-state index contributed by atoms with van der Waals surface area (Å²) in [7, 11) is 0. The normalized spacial score (nSPS) is 12.1. The average Bonchev–Trinajstić information content (AvgIpc) is 1.91. The van der Waals surface area contributed by atoms with Gasteiger partial charge >= 0.3 is 0 Å². The molecular weight excluding hydrogens is 176 g/mol. The first-order chi connectivity index (χ1) is 4.35. The van der Waals surface area contributed by atoms with E-state index in [9.17, 15) is 0 Å². The first kappa shape index (κ1) is 9.22. The molecule has 0 unspecified atom stereocenters. The zero-order valence-corrected chi connectivity index (χ0v) is 7.87. The summed E-state index contributed by atoms with van der Waals surface area (Å²) in [4.78, 5) is 2.06. The standard InChI is InChI=1S/C8H15Br/c1-3-5-6-8(4-2)7-9/h7H,3-6H2,1-2H3. The van der Waals surface area contributed by atoms with Crippen molar-refractivity contribution < 1.29 is 0 Å². The van der Waals surface area contributed by atoms with Crippen LogP contribution in [0.25, 0.3) is 0 Å². The van der Waals surface area contributed by atoms with Gasteiger partial charge in [-0.2, -0.15) is 0 Å². The molecule has 0 aromatic carbocycles. The van der Waals surface area contributed by atoms with Crippen LogP contribution in [0.1, 0.15) is 39.5 Å². The summed E-state index contributed by atoms with van der Waals surface area (Å²) in [5.74, 6) is 0. The quantitative estimate of drug-likeness (QED) is 0.632. The van der Waals surface area contributed by atoms with Crippen molar-refractivity contribution in [2.45, 2.75) is 39.5 Å². The molecule has 0 spiro atoms. The van der Waals surface area contributed by atoms with E-state index in [0.717, 1.165) is 0 Å². The molecule has 0 fully saturated rings. The molecule has 0 aliphatic heterocycles. The number of unbranched alkanes of at least 4 members (excludes halogenated alkanes) is 1. The summed E-state index contributed by atoms with van der Waals surface area (Å²) in [6.07, 6.45) is 5.07. The van der Waals surface area contributed by atoms with Crippen molar-refractivity contribution in [2.75, 3.05) is 0 Å². The van der Waals surface area contributed by atoms with Crippen LogP contribution < -0.4 is 0 Å². The molecule has 0 aliphatic carbocycles. The molecule has 0 N–H and O–H groups in total. The molecule has 0 nitrogen and oxygen atoms in total. The Morgan fingerprint density at radius 3 is 2.44 bits per heavy atom. The maximum Gasteiger partial charge on any atom is -0.0197 e. The third-order valence-corrected chi connectivity index (χ3v) is 2.11. The second-order valence-electron chi connectivity index (χ2n) is 2.22. The van der Waals surface area contributed by atoms with E-state index >= 15 is 0 Å². The van der Waals surface area contributed by atoms with Gasteiger partial charge in [0.1, 0.15) is 0 Å². The maximum atomic E-state index is 3.34. The van der Waals surface area contributed by atoms with Gasteiger partial charge in [0.15, 0.2) is 0 Å². The van der Waals surface area contributed by atoms with E-state index < -0.39 is 0 Å². The number of allylic oxidation sites excluding steroid dienone is 1. The van der Waals surface area contributed by atoms with Gasteiger partial charge in [-0.1, -0.05) is 41.8 Å². The number of hydrogen-bond acceptors (Lipinski definition) is 0. The Morgan fingerprint density at radius 2 is 2.11 bits per heavy atom. The Balaban J connectivity index is 3.33. The molecule has 1 heteroatoms. The van der Waals surface area contributed by atoms with Gasteiger partial charge in [-0.3, -0.25) is 0 Å². The zero-order valence-electron chi connectivity index (χ0n) is 6.28. The lowest BCUT2D eigenvalue weighted by molar-refractivity contribution is 0.768. The lowest BCUT2D eigenvalue weighted by Gasteiger charge is -1.98. The van der Waals surface area contributed by atoms with Gasteiger partial charge < -0.3 is 0 Å². The van der Waals surface area contributed by atoms with Gasteiger partial charge in [-0.25, -0.2) is 0 Å². The van der Waals surface area contributed by atoms with Gasteiger partial charge in [0.25, 0.3) is 0 Å². The van der Waals surface area contributed by atoms with Crippen molar-refractivity contribution >= 4 is 15.9 Å². The van der Waals surface area contributed by atoms with Crippen molar-refractivity contribution in [3.63, 3.8) is 0 Å². The SMILES string of the molecule is CCCCC(=CBr)CC. The molecule has 54 valence electrons. The van der Waals surface area contributed by atoms with Gasteiger partial charge in [-0.15, -0.1) is 0 Å². The van der Waals surface area contributed by atoms with Crippen LogP contribution in [-0.4, -0.2) is 0 Å². The highest BCUT2D eigenvalue weighted by Crippen LogP contribution is 2.12. The molecule has 0 rings (SSSR count). The second kappa shape index (κ2) is 6.34. The third-order valence-electron chi connectivity index (χ3n) is 1.46. The molecule has 0 saturated carbocycles. The number of hydrogen-bond donors (Lipinski definition) is 0. The minimum atomic E-state index is 1.19. The van der Waals surface area contributed by atoms with Gasteiger partial charge in [0, 0.05) is 0 Å². The van der Waals surface area contributed by atoms with Crippen molar-refractivity contribution in [2.24, 2.45) is 0 Å². The van der Waals surface area contributed by atoms with Gasteiger partial charge in [0.2, 0.25) is 0 Å². The molecule has 0 radical (unpaired) electrons. The monoisotopic (exact) mass is 190 g/mol. The van der Waals surface area contributed by atoms with E-state index in [0.29, 0.717) is 0 Å². The van der Waals surface area contributed by atoms with Crippen LogP contribution >= 0.6 is 15.9 Å². The Kier molecular flexibility index (Phi) is 6.50. The van der Waals surface area contributed by atoms with E-state index in [-0.39, 0.29) is 0 Å². The zero-order chi connectivity index (χ0) is 7.11. The number of halogens is 1. The van der Waals surface area contributed by atoms with Crippen LogP contribution in [0.5, 0.6) is 0 Å². The first-order valence-corrected chi connectivity index (χ1v) is 4.54. The van der Waals surface area contributed by atoms with Crippen molar-refractivity contribution in [1.29, 1.82) is 0 Å². The molecule has 0 saturated heterocycles. The summed E-state index contributed by atoms with van der Waals surface area (Å²) in [5, 5.41) is 0. The summed E-state index contributed by atoms with van der Waals surface area (Å²) in [6, 6.07) is 0. The highest BCUT2D eigenvalue weighted by molar-refractivity contribution is 9.11. The van der Waals surface area contributed by atoms with Crippen LogP contribution in [-0.2, 0) is 0 Å². The van der Waals surface area contributed by atoms with E-state index in [2.05, 4.69) is 34.8 Å². The van der Waals surface area contributed by atoms with Crippen molar-refractivity contribution in [1.82, 2.24) is 0 Å². The summed E-state index contributed by atoms with van der Waals surface area (Å²) < 4.78 is 0. The fourth-order valence-corrected chi connectivity index (χ4v) is 1.26. The van der Waals surface area contributed by atoms with E-state index in [1.165, 1.54) is 31.3 Å². The Bertz CT molecular complexity index is 84.6. The van der Waals surface area contributed by atoms with Crippen LogP contribution in [0.15, 0.2) is 10.6 Å². The average molecular weight is 191 g/mol. The van der Waals surface area contributed by atoms with E-state index in [4.69, 9.17) is 0 Å². The largest absolute Gasteiger partial charge is 0.0654 e. The van der Waals surface area contributed by atoms with Crippen molar-refractivity contribution in [3.8, 4) is 0 Å². The van der Waals surface area contributed by atoms with Crippen LogP contribution in [0.3, 0.4) is 0 Å². The molecule has 0 aromatic rings. The summed E-state index contributed by atoms with van der Waals surface area (Å²) >= 11 is 3.34. The molecular formula is C8H15Br. The van der Waals surface area contributed by atoms with Gasteiger partial charge in [0.05, 0.1) is 0 Å². The van der Waals surface area contributed by atoms with Crippen molar-refractivity contribution in [3.05, 3.63) is 10.6 Å². The Morgan fingerprint density at radius 1 is 1.44 bits per heavy atom. The lowest BCUT2D eigenvalue weighted by Crippen LogP contribution is -1.78. The van der Waals surface area contributed by atoms with Crippen LogP contribution in [0.2, 0.25) is 0 Å². The predicted octanol–water partition coefficient (Wildman–Crippen LogP) is 3.87. The molecule has 0 heterocycles. The second-order valence-corrected chi connectivity index (χ2v) is 2.68. The minimum Gasteiger partial charge on any atom is -0.0654 e. The van der Waals surface area contributed by atoms with Crippen LogP contribution in [0, 0.1) is 0 Å². The topological polar surface area (TPSA) is 0 Å². The summed E-state index contributed by atoms with van der Waals surface area (Å²) in [5.41, 5.74) is 1.52. The molecule has 0 aromatic heterocycles. The highest BCUT2D eigenvalue weighted by Gasteiger charge is 1.90.